The molecule has 2 atom stereocenters. The number of carbonyl (C=O) groups is 1. The number of rotatable bonds is 6. The highest BCUT2D eigenvalue weighted by Crippen LogP contribution is 2.38. The largest absolute Gasteiger partial charge is 0.369 e. The molecule has 0 radical (unpaired) electrons. The third-order valence-corrected chi connectivity index (χ3v) is 7.92. The van der Waals surface area contributed by atoms with Crippen LogP contribution < -0.4 is 9.80 Å². The molecule has 2 fully saturated rings. The zero-order valence-corrected chi connectivity index (χ0v) is 22.2. The summed E-state index contributed by atoms with van der Waals surface area (Å²) < 4.78 is 0. The molecule has 0 aliphatic carbocycles. The van der Waals surface area contributed by atoms with Crippen molar-refractivity contribution < 1.29 is 4.79 Å². The van der Waals surface area contributed by atoms with Crippen molar-refractivity contribution in [1.82, 2.24) is 9.80 Å². The normalized spacial score (nSPS) is 19.8. The first-order valence-electron chi connectivity index (χ1n) is 12.2. The molecule has 0 spiro atoms. The van der Waals surface area contributed by atoms with Crippen LogP contribution in [0.15, 0.2) is 36.4 Å². The Labute approximate surface area is 214 Å². The number of hydrogen-bond donors (Lipinski definition) is 0. The summed E-state index contributed by atoms with van der Waals surface area (Å²) in [6.07, 6.45) is 0. The molecular weight excluding hydrogens is 467 g/mol. The van der Waals surface area contributed by atoms with Gasteiger partial charge in [-0.05, 0) is 61.6 Å². The van der Waals surface area contributed by atoms with Crippen LogP contribution in [0.3, 0.4) is 0 Å². The Morgan fingerprint density at radius 1 is 0.676 bits per heavy atom. The zero-order chi connectivity index (χ0) is 24.4. The van der Waals surface area contributed by atoms with Gasteiger partial charge in [-0.1, -0.05) is 37.0 Å². The smallest absolute Gasteiger partial charge is 0.147 e. The van der Waals surface area contributed by atoms with Crippen LogP contribution in [0.1, 0.15) is 36.8 Å². The van der Waals surface area contributed by atoms with Gasteiger partial charge in [0.2, 0.25) is 0 Å². The zero-order valence-electron chi connectivity index (χ0n) is 20.7. The summed E-state index contributed by atoms with van der Waals surface area (Å²) in [6.45, 7) is 11.9. The summed E-state index contributed by atoms with van der Waals surface area (Å²) in [7, 11) is 4.30. The number of halogens is 2. The predicted octanol–water partition coefficient (Wildman–Crippen LogP) is 4.97. The first-order valence-corrected chi connectivity index (χ1v) is 13.0. The number of hydrogen-bond acceptors (Lipinski definition) is 5. The molecule has 0 aromatic heterocycles. The first kappa shape index (κ1) is 25.3. The van der Waals surface area contributed by atoms with Crippen LogP contribution in [-0.2, 0) is 4.79 Å². The average Bonchev–Trinajstić information content (AvgIpc) is 2.84. The Kier molecular flexibility index (Phi) is 8.08. The molecule has 2 aromatic carbocycles. The van der Waals surface area contributed by atoms with E-state index in [1.54, 1.807) is 0 Å². The lowest BCUT2D eigenvalue weighted by molar-refractivity contribution is -0.121. The standard InChI is InChI=1S/C27H36Cl2N4O/c1-19(23-17-21(28)5-7-25(23)32-13-9-30(3)10-14-32)27(34)20(2)24-18-22(29)6-8-26(24)33-15-11-31(4)12-16-33/h5-8,17-20H,9-16H2,1-4H3. The van der Waals surface area contributed by atoms with Gasteiger partial charge in [0.1, 0.15) is 5.78 Å². The van der Waals surface area contributed by atoms with Crippen LogP contribution in [-0.4, -0.2) is 82.0 Å². The minimum Gasteiger partial charge on any atom is -0.369 e. The van der Waals surface area contributed by atoms with E-state index in [1.807, 2.05) is 38.1 Å². The molecule has 0 saturated carbocycles. The molecular formula is C27H36Cl2N4O. The first-order chi connectivity index (χ1) is 16.2. The quantitative estimate of drug-likeness (QED) is 0.555. The van der Waals surface area contributed by atoms with E-state index in [-0.39, 0.29) is 17.6 Å². The van der Waals surface area contributed by atoms with Gasteiger partial charge in [0, 0.05) is 85.6 Å². The number of benzene rings is 2. The van der Waals surface area contributed by atoms with E-state index < -0.39 is 0 Å². The maximum absolute atomic E-state index is 13.9. The summed E-state index contributed by atoms with van der Waals surface area (Å²) in [5, 5.41) is 1.34. The van der Waals surface area contributed by atoms with Crippen LogP contribution in [0.5, 0.6) is 0 Å². The molecule has 2 saturated heterocycles. The molecule has 2 aliphatic heterocycles. The van der Waals surface area contributed by atoms with Crippen molar-refractivity contribution in [3.63, 3.8) is 0 Å². The van der Waals surface area contributed by atoms with Crippen molar-refractivity contribution in [1.29, 1.82) is 0 Å². The van der Waals surface area contributed by atoms with Crippen molar-refractivity contribution in [3.8, 4) is 0 Å². The van der Waals surface area contributed by atoms with E-state index in [4.69, 9.17) is 23.2 Å². The number of nitrogens with zero attached hydrogens (tertiary/aromatic N) is 4. The molecule has 0 amide bonds. The van der Waals surface area contributed by atoms with Crippen molar-refractivity contribution in [2.45, 2.75) is 25.7 Å². The number of piperazine rings is 2. The van der Waals surface area contributed by atoms with E-state index in [1.165, 1.54) is 0 Å². The van der Waals surface area contributed by atoms with Crippen molar-refractivity contribution in [2.75, 3.05) is 76.3 Å². The van der Waals surface area contributed by atoms with Gasteiger partial charge in [-0.3, -0.25) is 4.79 Å². The SMILES string of the molecule is CC(C(=O)C(C)c1cc(Cl)ccc1N1CCN(C)CC1)c1cc(Cl)ccc1N1CCN(C)CC1. The second-order valence-electron chi connectivity index (χ2n) is 9.83. The topological polar surface area (TPSA) is 30.0 Å². The van der Waals surface area contributed by atoms with Gasteiger partial charge in [0.05, 0.1) is 0 Å². The highest BCUT2D eigenvalue weighted by atomic mass is 35.5. The maximum Gasteiger partial charge on any atom is 0.147 e. The van der Waals surface area contributed by atoms with Crippen LogP contribution in [0.25, 0.3) is 0 Å². The van der Waals surface area contributed by atoms with Crippen molar-refractivity contribution in [3.05, 3.63) is 57.6 Å². The van der Waals surface area contributed by atoms with Gasteiger partial charge in [-0.2, -0.15) is 0 Å². The molecule has 4 rings (SSSR count). The number of ketones is 1. The van der Waals surface area contributed by atoms with Crippen LogP contribution in [0.2, 0.25) is 10.0 Å². The van der Waals surface area contributed by atoms with Crippen LogP contribution in [0.4, 0.5) is 11.4 Å². The van der Waals surface area contributed by atoms with Crippen LogP contribution >= 0.6 is 23.2 Å². The monoisotopic (exact) mass is 502 g/mol. The van der Waals surface area contributed by atoms with Crippen molar-refractivity contribution in [2.24, 2.45) is 0 Å². The Bertz CT molecular complexity index is 934. The fraction of sp³-hybridized carbons (Fsp3) is 0.519. The second kappa shape index (κ2) is 10.9. The molecule has 0 N–H and O–H groups in total. The molecule has 34 heavy (non-hydrogen) atoms. The number of Topliss-reactive ketones (excluding diaryl/α,β-unsaturated/α-hetero) is 1. The summed E-state index contributed by atoms with van der Waals surface area (Å²) in [5.74, 6) is -0.361. The molecule has 184 valence electrons. The van der Waals surface area contributed by atoms with Gasteiger partial charge < -0.3 is 19.6 Å². The van der Waals surface area contributed by atoms with Crippen molar-refractivity contribution >= 4 is 40.4 Å². The van der Waals surface area contributed by atoms with Crippen LogP contribution in [0, 0.1) is 0 Å². The molecule has 5 nitrogen and oxygen atoms in total. The molecule has 0 bridgehead atoms. The van der Waals surface area contributed by atoms with Gasteiger partial charge in [-0.25, -0.2) is 0 Å². The Morgan fingerprint density at radius 3 is 1.38 bits per heavy atom. The summed E-state index contributed by atoms with van der Waals surface area (Å²) in [5.41, 5.74) is 4.26. The van der Waals surface area contributed by atoms with E-state index >= 15 is 0 Å². The summed E-state index contributed by atoms with van der Waals surface area (Å²) in [6, 6.07) is 12.0. The van der Waals surface area contributed by atoms with Gasteiger partial charge in [0.15, 0.2) is 0 Å². The van der Waals surface area contributed by atoms with Gasteiger partial charge in [-0.15, -0.1) is 0 Å². The minimum atomic E-state index is -0.275. The predicted molar refractivity (Wildman–Crippen MR) is 144 cm³/mol. The highest BCUT2D eigenvalue weighted by Gasteiger charge is 2.30. The third-order valence-electron chi connectivity index (χ3n) is 7.45. The molecule has 2 unspecified atom stereocenters. The average molecular weight is 504 g/mol. The molecule has 7 heteroatoms. The Morgan fingerprint density at radius 2 is 1.03 bits per heavy atom. The van der Waals surface area contributed by atoms with Gasteiger partial charge in [0.25, 0.3) is 0 Å². The van der Waals surface area contributed by atoms with E-state index in [2.05, 4.69) is 45.8 Å². The lowest BCUT2D eigenvalue weighted by atomic mass is 9.84. The highest BCUT2D eigenvalue weighted by molar-refractivity contribution is 6.31. The number of carbonyl (C=O) groups excluding carboxylic acids is 1. The second-order valence-corrected chi connectivity index (χ2v) is 10.7. The Balaban J connectivity index is 1.62. The lowest BCUT2D eigenvalue weighted by Crippen LogP contribution is -2.45. The number of anilines is 2. The van der Waals surface area contributed by atoms with E-state index in [0.29, 0.717) is 10.0 Å². The summed E-state index contributed by atoms with van der Waals surface area (Å²) >= 11 is 12.8. The molecule has 2 heterocycles. The van der Waals surface area contributed by atoms with E-state index in [9.17, 15) is 4.79 Å². The minimum absolute atomic E-state index is 0.190. The molecule has 2 aromatic rings. The summed E-state index contributed by atoms with van der Waals surface area (Å²) in [4.78, 5) is 23.3. The Hall–Kier alpha value is -1.79. The third kappa shape index (κ3) is 5.54. The van der Waals surface area contributed by atoms with E-state index in [0.717, 1.165) is 74.9 Å². The molecule has 2 aliphatic rings. The fourth-order valence-corrected chi connectivity index (χ4v) is 5.46. The fourth-order valence-electron chi connectivity index (χ4n) is 5.10. The lowest BCUT2D eigenvalue weighted by Gasteiger charge is -2.37. The number of likely N-dealkylation sites (N-methyl/N-ethyl adjacent to an activating group) is 2. The maximum atomic E-state index is 13.9. The van der Waals surface area contributed by atoms with Gasteiger partial charge >= 0.3 is 0 Å².